The van der Waals surface area contributed by atoms with Crippen LogP contribution in [0, 0.1) is 11.8 Å². The molecule has 4 heterocycles. The lowest BCUT2D eigenvalue weighted by Gasteiger charge is -2.46. The number of hydrogen-bond acceptors (Lipinski definition) is 14. The van der Waals surface area contributed by atoms with Crippen LogP contribution in [0.3, 0.4) is 0 Å². The van der Waals surface area contributed by atoms with E-state index in [4.69, 9.17) is 43.0 Å². The van der Waals surface area contributed by atoms with Gasteiger partial charge in [-0.3, -0.25) is 9.59 Å². The van der Waals surface area contributed by atoms with E-state index in [2.05, 4.69) is 10.1 Å². The summed E-state index contributed by atoms with van der Waals surface area (Å²) < 4.78 is 74.1. The number of carbonyl (C=O) groups excluding carboxylic acids is 2. The monoisotopic (exact) mass is 697 g/mol. The molecule has 1 unspecified atom stereocenters. The summed E-state index contributed by atoms with van der Waals surface area (Å²) in [6.45, 7) is 0.575. The first-order valence-corrected chi connectivity index (χ1v) is 15.4. The fourth-order valence-electron chi connectivity index (χ4n) is 6.99. The Kier molecular flexibility index (Phi) is 9.76. The number of methoxy groups -OCH3 is 3. The van der Waals surface area contributed by atoms with Crippen LogP contribution in [0.5, 0.6) is 28.7 Å². The van der Waals surface area contributed by atoms with Gasteiger partial charge >= 0.3 is 12.0 Å². The van der Waals surface area contributed by atoms with Gasteiger partial charge in [0.2, 0.25) is 12.5 Å². The number of hydrogen-bond donors (Lipinski definition) is 4. The lowest BCUT2D eigenvalue weighted by molar-refractivity contribution is -0.429. The summed E-state index contributed by atoms with van der Waals surface area (Å²) in [5.41, 5.74) is 2.19. The van der Waals surface area contributed by atoms with E-state index >= 15 is 0 Å². The summed E-state index contributed by atoms with van der Waals surface area (Å²) in [6, 6.07) is 3.27. The van der Waals surface area contributed by atoms with Gasteiger partial charge in [-0.2, -0.15) is 4.39 Å². The molecule has 1 aliphatic carbocycles. The Labute approximate surface area is 278 Å². The van der Waals surface area contributed by atoms with Crippen molar-refractivity contribution in [1.82, 2.24) is 5.32 Å². The number of carbonyl (C=O) groups is 2. The van der Waals surface area contributed by atoms with Gasteiger partial charge in [-0.25, -0.2) is 4.39 Å². The molecule has 0 spiro atoms. The topological polar surface area (TPSA) is 190 Å². The molecule has 0 bridgehead atoms. The maximum Gasteiger partial charge on any atom is 0.347 e. The van der Waals surface area contributed by atoms with E-state index in [1.807, 2.05) is 6.07 Å². The predicted octanol–water partition coefficient (Wildman–Crippen LogP) is 0.987. The normalized spacial score (nSPS) is 33.9. The van der Waals surface area contributed by atoms with Gasteiger partial charge in [0.05, 0.1) is 46.5 Å². The van der Waals surface area contributed by atoms with Crippen LogP contribution >= 0.6 is 0 Å². The van der Waals surface area contributed by atoms with Crippen LogP contribution in [-0.2, 0) is 28.5 Å². The van der Waals surface area contributed by atoms with Crippen LogP contribution < -0.4 is 29.0 Å². The first-order chi connectivity index (χ1) is 23.4. The van der Waals surface area contributed by atoms with Gasteiger partial charge in [0, 0.05) is 11.8 Å². The molecule has 1 amide bonds. The number of amides is 1. The average Bonchev–Trinajstić information content (AvgIpc) is 3.72. The van der Waals surface area contributed by atoms with Gasteiger partial charge in [-0.15, -0.1) is 0 Å². The van der Waals surface area contributed by atoms with Crippen LogP contribution in [0.15, 0.2) is 24.3 Å². The van der Waals surface area contributed by atoms with Crippen molar-refractivity contribution in [3.05, 3.63) is 41.0 Å². The van der Waals surface area contributed by atoms with E-state index in [9.17, 15) is 28.6 Å². The van der Waals surface area contributed by atoms with Crippen molar-refractivity contribution < 1.29 is 76.3 Å². The molecular formula is C32H37F2NO14. The van der Waals surface area contributed by atoms with Gasteiger partial charge < -0.3 is 63.3 Å². The van der Waals surface area contributed by atoms with Gasteiger partial charge in [-0.1, -0.05) is 0 Å². The Morgan fingerprint density at radius 2 is 1.65 bits per heavy atom. The summed E-state index contributed by atoms with van der Waals surface area (Å²) in [4.78, 5) is 25.1. The summed E-state index contributed by atoms with van der Waals surface area (Å²) >= 11 is 0. The molecule has 15 nitrogen and oxygen atoms in total. The highest BCUT2D eigenvalue weighted by atomic mass is 19.2. The van der Waals surface area contributed by atoms with Crippen molar-refractivity contribution in [3.63, 3.8) is 0 Å². The third-order valence-corrected chi connectivity index (χ3v) is 9.22. The van der Waals surface area contributed by atoms with Crippen molar-refractivity contribution >= 4 is 11.9 Å². The molecule has 268 valence electrons. The summed E-state index contributed by atoms with van der Waals surface area (Å²) in [5, 5.41) is 30.5. The Hall–Kier alpha value is -4.00. The molecular weight excluding hydrogens is 660 g/mol. The second kappa shape index (κ2) is 13.7. The zero-order chi connectivity index (χ0) is 35.2. The highest BCUT2D eigenvalue weighted by Crippen LogP contribution is 2.55. The third-order valence-electron chi connectivity index (χ3n) is 9.22. The molecule has 2 aromatic rings. The van der Waals surface area contributed by atoms with E-state index in [1.165, 1.54) is 21.3 Å². The number of fused-ring (bicyclic) bond motifs is 4. The van der Waals surface area contributed by atoms with Crippen molar-refractivity contribution in [1.29, 1.82) is 0 Å². The predicted molar refractivity (Wildman–Crippen MR) is 159 cm³/mol. The summed E-state index contributed by atoms with van der Waals surface area (Å²) in [7, 11) is 4.55. The number of halogens is 2. The number of alkyl halides is 2. The molecule has 0 radical (unpaired) electrons. The highest BCUT2D eigenvalue weighted by molar-refractivity contribution is 5.81. The third kappa shape index (κ3) is 6.30. The van der Waals surface area contributed by atoms with Crippen LogP contribution in [0.25, 0.3) is 0 Å². The summed E-state index contributed by atoms with van der Waals surface area (Å²) in [5.74, 6) is -0.345. The molecule has 2 aromatic carbocycles. The van der Waals surface area contributed by atoms with E-state index in [0.717, 1.165) is 11.1 Å². The number of cyclic esters (lactones) is 1. The molecule has 3 saturated heterocycles. The molecule has 7 rings (SSSR count). The Bertz CT molecular complexity index is 1550. The van der Waals surface area contributed by atoms with E-state index < -0.39 is 79.1 Å². The van der Waals surface area contributed by atoms with Crippen molar-refractivity contribution in [2.24, 2.45) is 11.8 Å². The minimum Gasteiger partial charge on any atom is -0.493 e. The lowest BCUT2D eigenvalue weighted by atomic mass is 9.65. The molecule has 4 aliphatic heterocycles. The van der Waals surface area contributed by atoms with E-state index in [-0.39, 0.29) is 20.0 Å². The lowest BCUT2D eigenvalue weighted by Crippen LogP contribution is -2.66. The largest absolute Gasteiger partial charge is 0.493 e. The Morgan fingerprint density at radius 1 is 1.00 bits per heavy atom. The smallest absolute Gasteiger partial charge is 0.347 e. The van der Waals surface area contributed by atoms with Gasteiger partial charge in [-0.05, 0) is 47.9 Å². The molecule has 49 heavy (non-hydrogen) atoms. The summed E-state index contributed by atoms with van der Waals surface area (Å²) in [6.07, 6.45) is -6.01. The van der Waals surface area contributed by atoms with Gasteiger partial charge in [0.1, 0.15) is 18.3 Å². The van der Waals surface area contributed by atoms with Crippen molar-refractivity contribution in [2.45, 2.75) is 55.6 Å². The fourth-order valence-corrected chi connectivity index (χ4v) is 6.99. The number of esters is 1. The number of benzene rings is 2. The zero-order valence-corrected chi connectivity index (χ0v) is 26.9. The second-order valence-electron chi connectivity index (χ2n) is 12.0. The fraction of sp³-hybridized carbons (Fsp3) is 0.562. The number of aliphatic hydroxyl groups is 3. The second-order valence-corrected chi connectivity index (χ2v) is 12.0. The molecule has 5 aliphatic rings. The van der Waals surface area contributed by atoms with Crippen LogP contribution in [0.4, 0.5) is 8.78 Å². The zero-order valence-electron chi connectivity index (χ0n) is 26.9. The maximum atomic E-state index is 13.2. The standard InChI is InChI=1S/C24H24FNO8.C8H13FO6/c1-29-17-4-11(5-18(30-2)23(17)31-3)20-12-6-15-16(34-10-33-15)7-13(12)22(26-19(27)8-25)14-9-32-24(28)21(14)20;1-3-13-2-4-6(14-3)5(10)7(11)8(9,12)15-4/h4-7,14,20-22H,8-10H2,1-3H3,(H,26,27);3-7,10-12H,2H2,1H3/t14-,20+,21-,22+;3?,4-,5+,6+,7-,8-/m01/s1. The molecule has 4 N–H and O–H groups in total. The SMILES string of the molecule is CC1OC[C@H]2O[C@@](O)(F)[C@H](O)[C@@H](O)[C@H]2O1.COc1cc([C@@H]2c3cc4c(cc3[C@@H](NC(=O)CF)[C@H]3COC(=O)[C@H]23)OCO4)cc(OC)c1OC. The minimum atomic E-state index is -3.27. The van der Waals surface area contributed by atoms with Crippen molar-refractivity contribution in [2.75, 3.05) is 48.0 Å². The molecule has 10 atom stereocenters. The quantitative estimate of drug-likeness (QED) is 0.313. The number of nitrogens with one attached hydrogen (secondary N) is 1. The molecule has 3 fully saturated rings. The van der Waals surface area contributed by atoms with Gasteiger partial charge in [0.15, 0.2) is 42.1 Å². The van der Waals surface area contributed by atoms with Crippen LogP contribution in [0.2, 0.25) is 0 Å². The van der Waals surface area contributed by atoms with Crippen molar-refractivity contribution in [3.8, 4) is 28.7 Å². The average molecular weight is 698 g/mol. The first-order valence-electron chi connectivity index (χ1n) is 15.4. The Balaban J connectivity index is 0.000000232. The van der Waals surface area contributed by atoms with Crippen LogP contribution in [-0.4, -0.2) is 112 Å². The van der Waals surface area contributed by atoms with E-state index in [0.29, 0.717) is 34.3 Å². The molecule has 17 heteroatoms. The highest BCUT2D eigenvalue weighted by Gasteiger charge is 2.56. The number of rotatable bonds is 6. The molecule has 0 saturated carbocycles. The Morgan fingerprint density at radius 3 is 2.27 bits per heavy atom. The minimum absolute atomic E-state index is 0.0121. The van der Waals surface area contributed by atoms with Crippen LogP contribution in [0.1, 0.15) is 35.6 Å². The van der Waals surface area contributed by atoms with Gasteiger partial charge in [0.25, 0.3) is 5.91 Å². The molecule has 0 aromatic heterocycles. The first kappa shape index (κ1) is 34.8. The number of aliphatic hydroxyl groups excluding tert-OH is 2. The maximum absolute atomic E-state index is 13.2. The van der Waals surface area contributed by atoms with E-state index in [1.54, 1.807) is 25.1 Å². The number of ether oxygens (including phenoxy) is 9.